The molecule has 0 amide bonds. The molecule has 4 rings (SSSR count). The topological polar surface area (TPSA) is 29.0 Å². The summed E-state index contributed by atoms with van der Waals surface area (Å²) in [6.45, 7) is 5.67. The Morgan fingerprint density at radius 1 is 1.15 bits per heavy atom. The molecule has 0 aliphatic carbocycles. The van der Waals surface area contributed by atoms with Crippen LogP contribution in [0.15, 0.2) is 48.2 Å². The Hall–Kier alpha value is -2.09. The van der Waals surface area contributed by atoms with Crippen molar-refractivity contribution in [1.29, 1.82) is 0 Å². The molecule has 0 unspecified atom stereocenters. The fourth-order valence-electron chi connectivity index (χ4n) is 3.94. The van der Waals surface area contributed by atoms with Gasteiger partial charge in [-0.2, -0.15) is 4.58 Å². The Morgan fingerprint density at radius 3 is 2.75 bits per heavy atom. The molecule has 20 heavy (non-hydrogen) atoms. The largest absolute Gasteiger partial charge is 0.404 e. The molecule has 2 aromatic rings. The van der Waals surface area contributed by atoms with Crippen LogP contribution in [0.25, 0.3) is 10.8 Å². The number of nitrogens with two attached hydrogens (primary N) is 1. The molecule has 2 aliphatic rings. The summed E-state index contributed by atoms with van der Waals surface area (Å²) in [4.78, 5) is 0. The summed E-state index contributed by atoms with van der Waals surface area (Å²) in [6.07, 6.45) is 2.85. The van der Waals surface area contributed by atoms with Crippen LogP contribution in [-0.4, -0.2) is 16.8 Å². The van der Waals surface area contributed by atoms with Crippen molar-refractivity contribution in [1.82, 2.24) is 0 Å². The molecule has 0 aromatic heterocycles. The lowest BCUT2D eigenvalue weighted by molar-refractivity contribution is -0.427. The predicted octanol–water partition coefficient (Wildman–Crippen LogP) is 3.46. The van der Waals surface area contributed by atoms with E-state index in [1.165, 1.54) is 33.3 Å². The molecule has 2 heterocycles. The van der Waals surface area contributed by atoms with Crippen molar-refractivity contribution >= 4 is 22.2 Å². The van der Waals surface area contributed by atoms with Crippen molar-refractivity contribution < 1.29 is 4.58 Å². The van der Waals surface area contributed by atoms with Gasteiger partial charge in [-0.25, -0.2) is 0 Å². The lowest BCUT2D eigenvalue weighted by Crippen LogP contribution is -2.28. The second kappa shape index (κ2) is 3.72. The van der Waals surface area contributed by atoms with Crippen LogP contribution in [0, 0.1) is 0 Å². The summed E-state index contributed by atoms with van der Waals surface area (Å²) in [6, 6.07) is 13.2. The zero-order valence-electron chi connectivity index (χ0n) is 12.0. The lowest BCUT2D eigenvalue weighted by atomic mass is 9.78. The van der Waals surface area contributed by atoms with Gasteiger partial charge in [0.1, 0.15) is 0 Å². The predicted molar refractivity (Wildman–Crippen MR) is 83.7 cm³/mol. The highest BCUT2D eigenvalue weighted by molar-refractivity contribution is 6.10. The normalized spacial score (nSPS) is 21.6. The molecular formula is C18H19N2+. The molecule has 2 aliphatic heterocycles. The standard InChI is InChI=1S/C18H18N2/c1-18(2)15-8-7-12-5-3-4-6-14(12)16(15)20-10-9-13(11-19)17(18)20/h3-8,11,19H,9-10H2,1-2H3/p+1. The fourth-order valence-corrected chi connectivity index (χ4v) is 3.94. The van der Waals surface area contributed by atoms with Gasteiger partial charge in [0.05, 0.1) is 10.8 Å². The molecule has 2 aromatic carbocycles. The van der Waals surface area contributed by atoms with Gasteiger partial charge in [-0.1, -0.05) is 30.3 Å². The molecule has 0 saturated heterocycles. The summed E-state index contributed by atoms with van der Waals surface area (Å²) in [7, 11) is 0. The number of benzene rings is 2. The SMILES string of the molecule is CC1(C)C2=[N+](CC/C2=C\N)c2c1ccc1ccccc21. The molecule has 2 N–H and O–H groups in total. The molecule has 2 heteroatoms. The van der Waals surface area contributed by atoms with Crippen molar-refractivity contribution in [3.63, 3.8) is 0 Å². The molecule has 0 bridgehead atoms. The third kappa shape index (κ3) is 1.26. The third-order valence-corrected chi connectivity index (χ3v) is 4.82. The van der Waals surface area contributed by atoms with E-state index in [9.17, 15) is 0 Å². The summed E-state index contributed by atoms with van der Waals surface area (Å²) in [5.74, 6) is 0. The van der Waals surface area contributed by atoms with Crippen LogP contribution in [0.5, 0.6) is 0 Å². The van der Waals surface area contributed by atoms with Gasteiger partial charge >= 0.3 is 0 Å². The fraction of sp³-hybridized carbons (Fsp3) is 0.278. The van der Waals surface area contributed by atoms with Gasteiger partial charge in [0.25, 0.3) is 0 Å². The molecule has 0 atom stereocenters. The molecule has 0 radical (unpaired) electrons. The highest BCUT2D eigenvalue weighted by Crippen LogP contribution is 2.47. The van der Waals surface area contributed by atoms with Crippen LogP contribution in [-0.2, 0) is 5.41 Å². The first-order valence-corrected chi connectivity index (χ1v) is 7.23. The minimum atomic E-state index is 0.0427. The maximum absolute atomic E-state index is 5.85. The monoisotopic (exact) mass is 263 g/mol. The van der Waals surface area contributed by atoms with Gasteiger partial charge in [0, 0.05) is 23.8 Å². The van der Waals surface area contributed by atoms with Gasteiger partial charge in [0.15, 0.2) is 12.3 Å². The second-order valence-electron chi connectivity index (χ2n) is 6.25. The smallest absolute Gasteiger partial charge is 0.217 e. The molecule has 100 valence electrons. The Balaban J connectivity index is 2.13. The second-order valence-corrected chi connectivity index (χ2v) is 6.25. The van der Waals surface area contributed by atoms with Gasteiger partial charge in [-0.15, -0.1) is 0 Å². The Bertz CT molecular complexity index is 794. The molecule has 0 saturated carbocycles. The van der Waals surface area contributed by atoms with Crippen molar-refractivity contribution in [2.45, 2.75) is 25.7 Å². The first-order valence-electron chi connectivity index (χ1n) is 7.23. The van der Waals surface area contributed by atoms with E-state index in [-0.39, 0.29) is 5.41 Å². The Kier molecular flexibility index (Phi) is 2.18. The first-order chi connectivity index (χ1) is 9.64. The van der Waals surface area contributed by atoms with E-state index in [1.54, 1.807) is 6.20 Å². The number of rotatable bonds is 0. The Labute approximate surface area is 119 Å². The van der Waals surface area contributed by atoms with E-state index >= 15 is 0 Å². The van der Waals surface area contributed by atoms with Crippen LogP contribution >= 0.6 is 0 Å². The highest BCUT2D eigenvalue weighted by Gasteiger charge is 2.50. The van der Waals surface area contributed by atoms with E-state index in [1.807, 2.05) is 0 Å². The number of fused-ring (bicyclic) bond motifs is 4. The third-order valence-electron chi connectivity index (χ3n) is 4.82. The number of hydrogen-bond donors (Lipinski definition) is 1. The summed E-state index contributed by atoms with van der Waals surface area (Å²) < 4.78 is 2.48. The van der Waals surface area contributed by atoms with E-state index in [4.69, 9.17) is 5.73 Å². The van der Waals surface area contributed by atoms with Crippen LogP contribution in [0.4, 0.5) is 5.69 Å². The number of hydrogen-bond acceptors (Lipinski definition) is 1. The maximum Gasteiger partial charge on any atom is 0.217 e. The Morgan fingerprint density at radius 2 is 1.95 bits per heavy atom. The lowest BCUT2D eigenvalue weighted by Gasteiger charge is -2.17. The van der Waals surface area contributed by atoms with Crippen LogP contribution in [0.3, 0.4) is 0 Å². The minimum absolute atomic E-state index is 0.0427. The van der Waals surface area contributed by atoms with E-state index in [0.29, 0.717) is 0 Å². The van der Waals surface area contributed by atoms with Crippen LogP contribution in [0.1, 0.15) is 25.8 Å². The molecule has 0 fully saturated rings. The number of nitrogens with zero attached hydrogens (tertiary/aromatic N) is 1. The zero-order chi connectivity index (χ0) is 13.9. The van der Waals surface area contributed by atoms with Gasteiger partial charge in [-0.3, -0.25) is 0 Å². The van der Waals surface area contributed by atoms with Crippen LogP contribution < -0.4 is 5.73 Å². The van der Waals surface area contributed by atoms with Gasteiger partial charge in [-0.05, 0) is 25.3 Å². The van der Waals surface area contributed by atoms with Crippen molar-refractivity contribution in [2.24, 2.45) is 5.73 Å². The first kappa shape index (κ1) is 11.7. The van der Waals surface area contributed by atoms with Crippen LogP contribution in [0.2, 0.25) is 0 Å². The average molecular weight is 263 g/mol. The quantitative estimate of drug-likeness (QED) is 0.725. The molecule has 0 spiro atoms. The highest BCUT2D eigenvalue weighted by atomic mass is 15.1. The zero-order valence-corrected chi connectivity index (χ0v) is 12.0. The summed E-state index contributed by atoms with van der Waals surface area (Å²) in [5.41, 5.74) is 11.4. The average Bonchev–Trinajstić information content (AvgIpc) is 2.98. The summed E-state index contributed by atoms with van der Waals surface area (Å²) >= 11 is 0. The van der Waals surface area contributed by atoms with Crippen molar-refractivity contribution in [3.05, 3.63) is 53.7 Å². The molecular weight excluding hydrogens is 244 g/mol. The van der Waals surface area contributed by atoms with Gasteiger partial charge < -0.3 is 5.73 Å². The van der Waals surface area contributed by atoms with Crippen molar-refractivity contribution in [2.75, 3.05) is 6.54 Å². The van der Waals surface area contributed by atoms with Crippen molar-refractivity contribution in [3.8, 4) is 0 Å². The van der Waals surface area contributed by atoms with E-state index in [2.05, 4.69) is 54.8 Å². The van der Waals surface area contributed by atoms with E-state index in [0.717, 1.165) is 13.0 Å². The molecule has 2 nitrogen and oxygen atoms in total. The van der Waals surface area contributed by atoms with E-state index < -0.39 is 0 Å². The minimum Gasteiger partial charge on any atom is -0.404 e. The van der Waals surface area contributed by atoms with Gasteiger partial charge in [0.2, 0.25) is 5.69 Å². The maximum atomic E-state index is 5.85. The summed E-state index contributed by atoms with van der Waals surface area (Å²) in [5, 5.41) is 2.67.